The van der Waals surface area contributed by atoms with Gasteiger partial charge in [-0.1, -0.05) is 32.9 Å². The molecule has 0 fully saturated rings. The van der Waals surface area contributed by atoms with E-state index in [0.29, 0.717) is 19.5 Å². The van der Waals surface area contributed by atoms with Crippen molar-refractivity contribution in [2.45, 2.75) is 33.7 Å². The maximum atomic E-state index is 11.7. The molecule has 0 saturated heterocycles. The summed E-state index contributed by atoms with van der Waals surface area (Å²) >= 11 is 0. The standard InChI is InChI=1S/C16H23N3O2/c1-16(2,3)10-18-15(21)17-9-11-5-6-13-12(7-11)8-14(20)19(13)4/h5-7H,8-10H2,1-4H3,(H2,17,18,21). The Hall–Kier alpha value is -2.04. The van der Waals surface area contributed by atoms with Gasteiger partial charge in [0, 0.05) is 25.8 Å². The first-order chi connectivity index (χ1) is 9.76. The van der Waals surface area contributed by atoms with Crippen LogP contribution in [0.5, 0.6) is 0 Å². The van der Waals surface area contributed by atoms with Crippen LogP contribution < -0.4 is 15.5 Å². The van der Waals surface area contributed by atoms with E-state index in [1.54, 1.807) is 11.9 Å². The molecule has 1 aromatic rings. The smallest absolute Gasteiger partial charge is 0.315 e. The van der Waals surface area contributed by atoms with Gasteiger partial charge < -0.3 is 15.5 Å². The molecule has 21 heavy (non-hydrogen) atoms. The van der Waals surface area contributed by atoms with Crippen LogP contribution in [0.2, 0.25) is 0 Å². The van der Waals surface area contributed by atoms with Gasteiger partial charge in [0.25, 0.3) is 0 Å². The highest BCUT2D eigenvalue weighted by Gasteiger charge is 2.23. The average molecular weight is 289 g/mol. The van der Waals surface area contributed by atoms with Crippen molar-refractivity contribution in [3.05, 3.63) is 29.3 Å². The second-order valence-electron chi connectivity index (χ2n) is 6.69. The quantitative estimate of drug-likeness (QED) is 0.894. The number of carbonyl (C=O) groups is 2. The summed E-state index contributed by atoms with van der Waals surface area (Å²) < 4.78 is 0. The van der Waals surface area contributed by atoms with Crippen LogP contribution in [-0.4, -0.2) is 25.5 Å². The molecule has 0 atom stereocenters. The number of amides is 3. The zero-order valence-corrected chi connectivity index (χ0v) is 13.1. The molecule has 0 unspecified atom stereocenters. The highest BCUT2D eigenvalue weighted by Crippen LogP contribution is 2.28. The number of hydrogen-bond donors (Lipinski definition) is 2. The van der Waals surface area contributed by atoms with E-state index in [1.807, 2.05) is 18.2 Å². The van der Waals surface area contributed by atoms with Crippen LogP contribution in [0.4, 0.5) is 10.5 Å². The molecular weight excluding hydrogens is 266 g/mol. The third-order valence-electron chi connectivity index (χ3n) is 3.45. The number of likely N-dealkylation sites (N-methyl/N-ethyl adjacent to an activating group) is 1. The molecule has 0 aliphatic carbocycles. The van der Waals surface area contributed by atoms with Crippen molar-refractivity contribution >= 4 is 17.6 Å². The van der Waals surface area contributed by atoms with Gasteiger partial charge in [-0.05, 0) is 22.6 Å². The number of fused-ring (bicyclic) bond motifs is 1. The van der Waals surface area contributed by atoms with E-state index in [-0.39, 0.29) is 17.4 Å². The van der Waals surface area contributed by atoms with Gasteiger partial charge in [-0.2, -0.15) is 0 Å². The molecule has 114 valence electrons. The molecule has 3 amide bonds. The molecule has 5 heteroatoms. The van der Waals surface area contributed by atoms with Crippen molar-refractivity contribution in [1.82, 2.24) is 10.6 Å². The largest absolute Gasteiger partial charge is 0.338 e. The third-order valence-corrected chi connectivity index (χ3v) is 3.45. The Morgan fingerprint density at radius 3 is 2.67 bits per heavy atom. The Morgan fingerprint density at radius 2 is 2.00 bits per heavy atom. The van der Waals surface area contributed by atoms with Gasteiger partial charge in [0.15, 0.2) is 0 Å². The van der Waals surface area contributed by atoms with Crippen LogP contribution in [0.25, 0.3) is 0 Å². The fraction of sp³-hybridized carbons (Fsp3) is 0.500. The first-order valence-electron chi connectivity index (χ1n) is 7.16. The molecule has 2 N–H and O–H groups in total. The van der Waals surface area contributed by atoms with E-state index in [1.165, 1.54) is 0 Å². The Bertz CT molecular complexity index is 561. The average Bonchev–Trinajstić information content (AvgIpc) is 2.68. The van der Waals surface area contributed by atoms with E-state index in [0.717, 1.165) is 16.8 Å². The first-order valence-corrected chi connectivity index (χ1v) is 7.16. The zero-order chi connectivity index (χ0) is 15.6. The Labute approximate surface area is 125 Å². The van der Waals surface area contributed by atoms with Crippen molar-refractivity contribution in [3.8, 4) is 0 Å². The number of urea groups is 1. The fourth-order valence-electron chi connectivity index (χ4n) is 2.22. The highest BCUT2D eigenvalue weighted by atomic mass is 16.2. The van der Waals surface area contributed by atoms with Crippen LogP contribution in [0, 0.1) is 5.41 Å². The number of nitrogens with zero attached hydrogens (tertiary/aromatic N) is 1. The van der Waals surface area contributed by atoms with Gasteiger partial charge in [0.05, 0.1) is 6.42 Å². The lowest BCUT2D eigenvalue weighted by Gasteiger charge is -2.19. The predicted molar refractivity (Wildman–Crippen MR) is 83.2 cm³/mol. The monoisotopic (exact) mass is 289 g/mol. The molecule has 0 saturated carbocycles. The Kier molecular flexibility index (Phi) is 4.21. The van der Waals surface area contributed by atoms with E-state index in [9.17, 15) is 9.59 Å². The normalized spacial score (nSPS) is 14.1. The fourth-order valence-corrected chi connectivity index (χ4v) is 2.22. The third kappa shape index (κ3) is 3.97. The molecule has 1 aromatic carbocycles. The first kappa shape index (κ1) is 15.4. The molecular formula is C16H23N3O2. The molecule has 5 nitrogen and oxygen atoms in total. The number of anilines is 1. The van der Waals surface area contributed by atoms with Gasteiger partial charge in [0.2, 0.25) is 5.91 Å². The van der Waals surface area contributed by atoms with Crippen molar-refractivity contribution in [2.75, 3.05) is 18.5 Å². The summed E-state index contributed by atoms with van der Waals surface area (Å²) in [5.41, 5.74) is 3.05. The predicted octanol–water partition coefficient (Wildman–Crippen LogP) is 2.05. The molecule has 1 aliphatic heterocycles. The number of benzene rings is 1. The van der Waals surface area contributed by atoms with Crippen molar-refractivity contribution in [1.29, 1.82) is 0 Å². The van der Waals surface area contributed by atoms with E-state index >= 15 is 0 Å². The van der Waals surface area contributed by atoms with Gasteiger partial charge >= 0.3 is 6.03 Å². The highest BCUT2D eigenvalue weighted by molar-refractivity contribution is 6.00. The molecule has 0 aromatic heterocycles. The Morgan fingerprint density at radius 1 is 1.29 bits per heavy atom. The lowest BCUT2D eigenvalue weighted by Crippen LogP contribution is -2.39. The van der Waals surface area contributed by atoms with Crippen molar-refractivity contribution in [3.63, 3.8) is 0 Å². The molecule has 0 bridgehead atoms. The maximum absolute atomic E-state index is 11.7. The second-order valence-corrected chi connectivity index (χ2v) is 6.69. The van der Waals surface area contributed by atoms with Gasteiger partial charge in [0.1, 0.15) is 0 Å². The van der Waals surface area contributed by atoms with Gasteiger partial charge in [-0.25, -0.2) is 4.79 Å². The number of nitrogens with one attached hydrogen (secondary N) is 2. The van der Waals surface area contributed by atoms with Crippen LogP contribution in [0.1, 0.15) is 31.9 Å². The zero-order valence-electron chi connectivity index (χ0n) is 13.1. The van der Waals surface area contributed by atoms with Crippen molar-refractivity contribution < 1.29 is 9.59 Å². The molecule has 1 aliphatic rings. The van der Waals surface area contributed by atoms with Gasteiger partial charge in [-0.3, -0.25) is 4.79 Å². The minimum atomic E-state index is -0.168. The summed E-state index contributed by atoms with van der Waals surface area (Å²) in [6.45, 7) is 7.30. The summed E-state index contributed by atoms with van der Waals surface area (Å²) in [7, 11) is 1.78. The SMILES string of the molecule is CN1C(=O)Cc2cc(CNC(=O)NCC(C)(C)C)ccc21. The summed E-state index contributed by atoms with van der Waals surface area (Å²) in [5, 5.41) is 5.68. The van der Waals surface area contributed by atoms with E-state index in [2.05, 4.69) is 31.4 Å². The molecule has 2 rings (SSSR count). The van der Waals surface area contributed by atoms with Crippen molar-refractivity contribution in [2.24, 2.45) is 5.41 Å². The van der Waals surface area contributed by atoms with Crippen LogP contribution >= 0.6 is 0 Å². The van der Waals surface area contributed by atoms with Crippen LogP contribution in [-0.2, 0) is 17.8 Å². The minimum absolute atomic E-state index is 0.0653. The number of hydrogen-bond acceptors (Lipinski definition) is 2. The minimum Gasteiger partial charge on any atom is -0.338 e. The summed E-state index contributed by atoms with van der Waals surface area (Å²) in [4.78, 5) is 25.0. The molecule has 1 heterocycles. The number of rotatable bonds is 3. The van der Waals surface area contributed by atoms with E-state index in [4.69, 9.17) is 0 Å². The lowest BCUT2D eigenvalue weighted by atomic mass is 9.97. The van der Waals surface area contributed by atoms with Crippen LogP contribution in [0.3, 0.4) is 0 Å². The second kappa shape index (κ2) is 5.76. The summed E-state index contributed by atoms with van der Waals surface area (Å²) in [6, 6.07) is 5.70. The van der Waals surface area contributed by atoms with Gasteiger partial charge in [-0.15, -0.1) is 0 Å². The van der Waals surface area contributed by atoms with Crippen LogP contribution in [0.15, 0.2) is 18.2 Å². The lowest BCUT2D eigenvalue weighted by molar-refractivity contribution is -0.117. The Balaban J connectivity index is 1.89. The van der Waals surface area contributed by atoms with E-state index < -0.39 is 0 Å². The topological polar surface area (TPSA) is 61.4 Å². The summed E-state index contributed by atoms with van der Waals surface area (Å²) in [5.74, 6) is 0.109. The maximum Gasteiger partial charge on any atom is 0.315 e. The summed E-state index contributed by atoms with van der Waals surface area (Å²) in [6.07, 6.45) is 0.440. The molecule has 0 spiro atoms. The number of carbonyl (C=O) groups excluding carboxylic acids is 2. The molecule has 0 radical (unpaired) electrons.